The molecule has 4 heteroatoms. The summed E-state index contributed by atoms with van der Waals surface area (Å²) in [6, 6.07) is 0. The van der Waals surface area contributed by atoms with Crippen molar-refractivity contribution in [2.45, 2.75) is 34.6 Å². The van der Waals surface area contributed by atoms with Crippen molar-refractivity contribution >= 4 is 0 Å². The Labute approximate surface area is 102 Å². The fourth-order valence-electron chi connectivity index (χ4n) is 2.00. The van der Waals surface area contributed by atoms with Gasteiger partial charge < -0.3 is 0 Å². The Morgan fingerprint density at radius 1 is 0.824 bits per heavy atom. The van der Waals surface area contributed by atoms with Crippen LogP contribution in [0.2, 0.25) is 0 Å². The molecule has 2 aromatic heterocycles. The van der Waals surface area contributed by atoms with Gasteiger partial charge in [0.15, 0.2) is 5.82 Å². The van der Waals surface area contributed by atoms with Crippen molar-refractivity contribution in [3.8, 4) is 11.5 Å². The van der Waals surface area contributed by atoms with Gasteiger partial charge in [0.2, 0.25) is 0 Å². The highest BCUT2D eigenvalue weighted by molar-refractivity contribution is 5.59. The number of hydrogen-bond acceptors (Lipinski definition) is 3. The molecule has 2 aromatic rings. The van der Waals surface area contributed by atoms with E-state index in [2.05, 4.69) is 35.8 Å². The fourth-order valence-corrected chi connectivity index (χ4v) is 2.00. The molecule has 0 spiro atoms. The van der Waals surface area contributed by atoms with Crippen LogP contribution in [0.4, 0.5) is 0 Å². The summed E-state index contributed by atoms with van der Waals surface area (Å²) >= 11 is 0. The third-order valence-electron chi connectivity index (χ3n) is 3.38. The minimum absolute atomic E-state index is 0.777. The van der Waals surface area contributed by atoms with Crippen molar-refractivity contribution < 1.29 is 0 Å². The van der Waals surface area contributed by atoms with Gasteiger partial charge in [-0.15, -0.1) is 0 Å². The minimum Gasteiger partial charge on any atom is -0.249 e. The summed E-state index contributed by atoms with van der Waals surface area (Å²) < 4.78 is 1.79. The Kier molecular flexibility index (Phi) is 2.73. The van der Waals surface area contributed by atoms with Gasteiger partial charge in [0, 0.05) is 12.7 Å². The summed E-state index contributed by atoms with van der Waals surface area (Å²) in [5.41, 5.74) is 5.72. The maximum absolute atomic E-state index is 4.65. The van der Waals surface area contributed by atoms with E-state index in [0.717, 1.165) is 23.0 Å². The van der Waals surface area contributed by atoms with Crippen molar-refractivity contribution in [3.05, 3.63) is 28.2 Å². The normalized spacial score (nSPS) is 10.9. The van der Waals surface area contributed by atoms with Gasteiger partial charge in [0.05, 0.1) is 0 Å². The molecule has 0 amide bonds. The lowest BCUT2D eigenvalue weighted by atomic mass is 10.0. The molecule has 17 heavy (non-hydrogen) atoms. The molecule has 0 saturated carbocycles. The zero-order valence-corrected chi connectivity index (χ0v) is 11.3. The second kappa shape index (κ2) is 3.95. The third-order valence-corrected chi connectivity index (χ3v) is 3.38. The predicted molar refractivity (Wildman–Crippen MR) is 67.9 cm³/mol. The molecule has 0 bridgehead atoms. The van der Waals surface area contributed by atoms with Gasteiger partial charge in [-0.2, -0.15) is 5.10 Å². The van der Waals surface area contributed by atoms with E-state index in [1.807, 2.05) is 20.9 Å². The monoisotopic (exact) mass is 230 g/mol. The molecular weight excluding hydrogens is 212 g/mol. The molecular formula is C13H18N4. The molecule has 2 rings (SSSR count). The highest BCUT2D eigenvalue weighted by Gasteiger charge is 2.15. The molecule has 0 atom stereocenters. The molecule has 90 valence electrons. The molecule has 0 aromatic carbocycles. The summed E-state index contributed by atoms with van der Waals surface area (Å²) in [6.45, 7) is 10.3. The number of pyridine rings is 1. The predicted octanol–water partition coefficient (Wildman–Crippen LogP) is 2.42. The van der Waals surface area contributed by atoms with Gasteiger partial charge >= 0.3 is 0 Å². The molecule has 2 heterocycles. The average molecular weight is 230 g/mol. The van der Waals surface area contributed by atoms with E-state index in [1.54, 1.807) is 4.68 Å². The molecule has 4 nitrogen and oxygen atoms in total. The Morgan fingerprint density at radius 3 is 2.00 bits per heavy atom. The Hall–Kier alpha value is -1.71. The number of aromatic nitrogens is 4. The van der Waals surface area contributed by atoms with E-state index in [4.69, 9.17) is 0 Å². The Morgan fingerprint density at radius 2 is 1.47 bits per heavy atom. The molecule has 0 aliphatic rings. The topological polar surface area (TPSA) is 43.6 Å². The molecule has 0 aliphatic heterocycles. The van der Waals surface area contributed by atoms with E-state index < -0.39 is 0 Å². The first kappa shape index (κ1) is 11.8. The summed E-state index contributed by atoms with van der Waals surface area (Å²) in [5.74, 6) is 1.62. The van der Waals surface area contributed by atoms with Gasteiger partial charge in [-0.25, -0.2) is 14.6 Å². The van der Waals surface area contributed by atoms with Crippen LogP contribution in [0, 0.1) is 34.6 Å². The Balaban J connectivity index is 2.72. The molecule has 0 aliphatic carbocycles. The van der Waals surface area contributed by atoms with Gasteiger partial charge in [-0.05, 0) is 51.3 Å². The maximum Gasteiger partial charge on any atom is 0.177 e. The Bertz CT molecular complexity index is 582. The first-order chi connectivity index (χ1) is 7.91. The van der Waals surface area contributed by atoms with Crippen molar-refractivity contribution in [2.24, 2.45) is 7.05 Å². The number of hydrogen-bond donors (Lipinski definition) is 0. The van der Waals surface area contributed by atoms with Gasteiger partial charge in [-0.1, -0.05) is 0 Å². The largest absolute Gasteiger partial charge is 0.249 e. The molecule has 0 fully saturated rings. The second-order valence-corrected chi connectivity index (χ2v) is 4.53. The SMILES string of the molecule is Cc1nc(-c2nc(C)c(C)c(C)c2C)n(C)n1. The number of aryl methyl sites for hydroxylation is 3. The summed E-state index contributed by atoms with van der Waals surface area (Å²) in [7, 11) is 1.90. The lowest BCUT2D eigenvalue weighted by molar-refractivity contribution is 0.760. The van der Waals surface area contributed by atoms with Crippen LogP contribution < -0.4 is 0 Å². The van der Waals surface area contributed by atoms with E-state index in [-0.39, 0.29) is 0 Å². The third kappa shape index (κ3) is 1.84. The molecule has 0 unspecified atom stereocenters. The van der Waals surface area contributed by atoms with Crippen molar-refractivity contribution in [3.63, 3.8) is 0 Å². The second-order valence-electron chi connectivity index (χ2n) is 4.53. The average Bonchev–Trinajstić information content (AvgIpc) is 2.60. The van der Waals surface area contributed by atoms with Crippen LogP contribution in [0.3, 0.4) is 0 Å². The molecule has 0 N–H and O–H groups in total. The summed E-state index contributed by atoms with van der Waals surface area (Å²) in [6.07, 6.45) is 0. The lowest BCUT2D eigenvalue weighted by Crippen LogP contribution is -2.03. The standard InChI is InChI=1S/C13H18N4/c1-7-8(2)10(4)14-12(9(7)3)13-15-11(5)16-17(13)6/h1-6H3. The smallest absolute Gasteiger partial charge is 0.177 e. The van der Waals surface area contributed by atoms with Crippen LogP contribution in [0.25, 0.3) is 11.5 Å². The summed E-state index contributed by atoms with van der Waals surface area (Å²) in [4.78, 5) is 9.10. The maximum atomic E-state index is 4.65. The fraction of sp³-hybridized carbons (Fsp3) is 0.462. The van der Waals surface area contributed by atoms with Gasteiger partial charge in [-0.3, -0.25) is 0 Å². The first-order valence-corrected chi connectivity index (χ1v) is 5.74. The number of rotatable bonds is 1. The van der Waals surface area contributed by atoms with E-state index in [1.165, 1.54) is 16.7 Å². The van der Waals surface area contributed by atoms with Gasteiger partial charge in [0.1, 0.15) is 11.5 Å². The number of nitrogens with zero attached hydrogens (tertiary/aromatic N) is 4. The van der Waals surface area contributed by atoms with Crippen LogP contribution in [-0.2, 0) is 7.05 Å². The van der Waals surface area contributed by atoms with E-state index >= 15 is 0 Å². The highest BCUT2D eigenvalue weighted by Crippen LogP contribution is 2.25. The van der Waals surface area contributed by atoms with Crippen LogP contribution in [0.1, 0.15) is 28.2 Å². The van der Waals surface area contributed by atoms with Gasteiger partial charge in [0.25, 0.3) is 0 Å². The van der Waals surface area contributed by atoms with Crippen LogP contribution >= 0.6 is 0 Å². The van der Waals surface area contributed by atoms with Crippen molar-refractivity contribution in [2.75, 3.05) is 0 Å². The highest BCUT2D eigenvalue weighted by atomic mass is 15.3. The summed E-state index contributed by atoms with van der Waals surface area (Å²) in [5, 5.41) is 4.28. The molecule has 0 radical (unpaired) electrons. The van der Waals surface area contributed by atoms with E-state index in [9.17, 15) is 0 Å². The quantitative estimate of drug-likeness (QED) is 0.755. The zero-order chi connectivity index (χ0) is 12.7. The van der Waals surface area contributed by atoms with Crippen molar-refractivity contribution in [1.29, 1.82) is 0 Å². The first-order valence-electron chi connectivity index (χ1n) is 5.74. The van der Waals surface area contributed by atoms with Crippen molar-refractivity contribution in [1.82, 2.24) is 19.7 Å². The molecule has 0 saturated heterocycles. The van der Waals surface area contributed by atoms with Crippen LogP contribution in [-0.4, -0.2) is 19.7 Å². The lowest BCUT2D eigenvalue weighted by Gasteiger charge is -2.12. The van der Waals surface area contributed by atoms with E-state index in [0.29, 0.717) is 0 Å². The van der Waals surface area contributed by atoms with Crippen LogP contribution in [0.5, 0.6) is 0 Å². The zero-order valence-electron chi connectivity index (χ0n) is 11.3. The van der Waals surface area contributed by atoms with Crippen LogP contribution in [0.15, 0.2) is 0 Å². The minimum atomic E-state index is 0.777.